The van der Waals surface area contributed by atoms with Crippen LogP contribution in [0.2, 0.25) is 0 Å². The minimum Gasteiger partial charge on any atom is -0.481 e. The average molecular weight is 278 g/mol. The molecule has 0 heterocycles. The van der Waals surface area contributed by atoms with Gasteiger partial charge in [-0.05, 0) is 38.5 Å². The van der Waals surface area contributed by atoms with Crippen LogP contribution >= 0.6 is 0 Å². The first kappa shape index (κ1) is 18.7. The molecule has 0 radical (unpaired) electrons. The highest BCUT2D eigenvalue weighted by Gasteiger charge is 1.88. The summed E-state index contributed by atoms with van der Waals surface area (Å²) >= 11 is 0. The van der Waals surface area contributed by atoms with Crippen molar-refractivity contribution in [2.75, 3.05) is 0 Å². The largest absolute Gasteiger partial charge is 0.481 e. The van der Waals surface area contributed by atoms with Gasteiger partial charge in [-0.3, -0.25) is 4.79 Å². The van der Waals surface area contributed by atoms with E-state index in [2.05, 4.69) is 31.2 Å². The number of aliphatic carboxylic acids is 1. The van der Waals surface area contributed by atoms with Gasteiger partial charge in [0.2, 0.25) is 0 Å². The Morgan fingerprint density at radius 2 is 1.35 bits per heavy atom. The Morgan fingerprint density at radius 3 is 1.90 bits per heavy atom. The van der Waals surface area contributed by atoms with E-state index in [0.717, 1.165) is 25.7 Å². The molecule has 114 valence electrons. The Labute approximate surface area is 124 Å². The Hall–Kier alpha value is -1.31. The van der Waals surface area contributed by atoms with Crippen LogP contribution in [0.15, 0.2) is 36.5 Å². The number of hydrogen-bond acceptors (Lipinski definition) is 1. The maximum Gasteiger partial charge on any atom is 0.307 e. The molecule has 0 saturated carbocycles. The third kappa shape index (κ3) is 16.7. The van der Waals surface area contributed by atoms with Crippen molar-refractivity contribution < 1.29 is 9.90 Å². The van der Waals surface area contributed by atoms with Gasteiger partial charge in [0.25, 0.3) is 0 Å². The Balaban J connectivity index is 3.29. The van der Waals surface area contributed by atoms with Gasteiger partial charge in [0.1, 0.15) is 0 Å². The molecule has 20 heavy (non-hydrogen) atoms. The van der Waals surface area contributed by atoms with Gasteiger partial charge in [0.15, 0.2) is 0 Å². The van der Waals surface area contributed by atoms with Gasteiger partial charge in [-0.15, -0.1) is 0 Å². The first-order valence-corrected chi connectivity index (χ1v) is 7.95. The Morgan fingerprint density at radius 1 is 0.800 bits per heavy atom. The first-order valence-electron chi connectivity index (χ1n) is 7.95. The van der Waals surface area contributed by atoms with Crippen molar-refractivity contribution in [3.8, 4) is 0 Å². The zero-order valence-electron chi connectivity index (χ0n) is 12.9. The molecular weight excluding hydrogens is 248 g/mol. The molecule has 2 nitrogen and oxygen atoms in total. The topological polar surface area (TPSA) is 37.3 Å². The quantitative estimate of drug-likeness (QED) is 0.268. The molecule has 0 saturated heterocycles. The summed E-state index contributed by atoms with van der Waals surface area (Å²) in [4.78, 5) is 10.3. The SMILES string of the molecule is CCCCCCC=CC=CCCCCC=CCC(=O)O. The molecule has 0 aliphatic carbocycles. The summed E-state index contributed by atoms with van der Waals surface area (Å²) in [6, 6.07) is 0. The summed E-state index contributed by atoms with van der Waals surface area (Å²) in [5.74, 6) is -0.759. The normalized spacial score (nSPS) is 12.1. The maximum absolute atomic E-state index is 10.3. The number of unbranched alkanes of at least 4 members (excludes halogenated alkanes) is 7. The highest BCUT2D eigenvalue weighted by atomic mass is 16.4. The van der Waals surface area contributed by atoms with E-state index in [0.29, 0.717) is 0 Å². The average Bonchev–Trinajstić information content (AvgIpc) is 2.43. The van der Waals surface area contributed by atoms with Gasteiger partial charge in [0, 0.05) is 0 Å². The van der Waals surface area contributed by atoms with Crippen LogP contribution < -0.4 is 0 Å². The predicted molar refractivity (Wildman–Crippen MR) is 86.9 cm³/mol. The van der Waals surface area contributed by atoms with E-state index >= 15 is 0 Å². The monoisotopic (exact) mass is 278 g/mol. The molecule has 0 aromatic carbocycles. The zero-order chi connectivity index (χ0) is 14.9. The van der Waals surface area contributed by atoms with Crippen LogP contribution in [-0.4, -0.2) is 11.1 Å². The second-order valence-corrected chi connectivity index (χ2v) is 5.06. The van der Waals surface area contributed by atoms with Crippen LogP contribution in [-0.2, 0) is 4.79 Å². The lowest BCUT2D eigenvalue weighted by atomic mass is 10.1. The lowest BCUT2D eigenvalue weighted by Gasteiger charge is -1.93. The Bertz CT molecular complexity index is 301. The van der Waals surface area contributed by atoms with Crippen LogP contribution in [0.1, 0.15) is 71.1 Å². The van der Waals surface area contributed by atoms with Crippen molar-refractivity contribution >= 4 is 5.97 Å². The lowest BCUT2D eigenvalue weighted by molar-refractivity contribution is -0.136. The molecule has 0 aromatic rings. The molecule has 0 aliphatic heterocycles. The van der Waals surface area contributed by atoms with Crippen molar-refractivity contribution in [1.82, 2.24) is 0 Å². The van der Waals surface area contributed by atoms with Gasteiger partial charge in [-0.25, -0.2) is 0 Å². The van der Waals surface area contributed by atoms with E-state index in [4.69, 9.17) is 5.11 Å². The molecule has 0 fully saturated rings. The fraction of sp³-hybridized carbons (Fsp3) is 0.611. The van der Waals surface area contributed by atoms with Crippen molar-refractivity contribution in [3.05, 3.63) is 36.5 Å². The minimum absolute atomic E-state index is 0.142. The third-order valence-corrected chi connectivity index (χ3v) is 3.06. The van der Waals surface area contributed by atoms with Crippen LogP contribution in [0.3, 0.4) is 0 Å². The maximum atomic E-state index is 10.3. The predicted octanol–water partition coefficient (Wildman–Crippen LogP) is 5.66. The van der Waals surface area contributed by atoms with Gasteiger partial charge in [0.05, 0.1) is 6.42 Å². The molecule has 0 aliphatic rings. The van der Waals surface area contributed by atoms with Crippen molar-refractivity contribution in [2.24, 2.45) is 0 Å². The molecule has 0 aromatic heterocycles. The van der Waals surface area contributed by atoms with Gasteiger partial charge >= 0.3 is 5.97 Å². The molecular formula is C18H30O2. The van der Waals surface area contributed by atoms with Crippen LogP contribution in [0, 0.1) is 0 Å². The summed E-state index contributed by atoms with van der Waals surface area (Å²) < 4.78 is 0. The molecule has 0 amide bonds. The van der Waals surface area contributed by atoms with Gasteiger partial charge in [-0.2, -0.15) is 0 Å². The number of carboxylic acids is 1. The second kappa shape index (κ2) is 15.7. The summed E-state index contributed by atoms with van der Waals surface area (Å²) in [7, 11) is 0. The number of carboxylic acid groups (broad SMARTS) is 1. The summed E-state index contributed by atoms with van der Waals surface area (Å²) in [5, 5.41) is 8.45. The molecule has 0 rings (SSSR count). The molecule has 0 bridgehead atoms. The number of hydrogen-bond donors (Lipinski definition) is 1. The van der Waals surface area contributed by atoms with Crippen molar-refractivity contribution in [2.45, 2.75) is 71.1 Å². The molecule has 0 spiro atoms. The third-order valence-electron chi connectivity index (χ3n) is 3.06. The van der Waals surface area contributed by atoms with E-state index in [1.165, 1.54) is 32.1 Å². The minimum atomic E-state index is -0.759. The zero-order valence-corrected chi connectivity index (χ0v) is 12.9. The standard InChI is InChI=1S/C18H30O2/c1-2-3-4-5-6-7-8-9-10-11-12-13-14-15-16-17-18(19)20/h7-10,15-16H,2-6,11-14,17H2,1H3,(H,19,20). The van der Waals surface area contributed by atoms with E-state index in [1.54, 1.807) is 6.08 Å². The van der Waals surface area contributed by atoms with E-state index in [-0.39, 0.29) is 6.42 Å². The molecule has 1 N–H and O–H groups in total. The van der Waals surface area contributed by atoms with Crippen LogP contribution in [0.4, 0.5) is 0 Å². The summed E-state index contributed by atoms with van der Waals surface area (Å²) in [6.07, 6.45) is 23.5. The first-order chi connectivity index (χ1) is 9.77. The number of carbonyl (C=O) groups is 1. The summed E-state index contributed by atoms with van der Waals surface area (Å²) in [6.45, 7) is 2.24. The number of rotatable bonds is 13. The lowest BCUT2D eigenvalue weighted by Crippen LogP contribution is -1.89. The highest BCUT2D eigenvalue weighted by Crippen LogP contribution is 2.04. The van der Waals surface area contributed by atoms with Gasteiger partial charge < -0.3 is 5.11 Å². The van der Waals surface area contributed by atoms with E-state index in [9.17, 15) is 4.79 Å². The Kier molecular flexibility index (Phi) is 14.7. The smallest absolute Gasteiger partial charge is 0.307 e. The number of allylic oxidation sites excluding steroid dienone is 5. The van der Waals surface area contributed by atoms with E-state index in [1.807, 2.05) is 6.08 Å². The molecule has 0 unspecified atom stereocenters. The van der Waals surface area contributed by atoms with Crippen molar-refractivity contribution in [3.63, 3.8) is 0 Å². The molecule has 0 atom stereocenters. The van der Waals surface area contributed by atoms with E-state index < -0.39 is 5.97 Å². The highest BCUT2D eigenvalue weighted by molar-refractivity contribution is 5.68. The second-order valence-electron chi connectivity index (χ2n) is 5.06. The fourth-order valence-corrected chi connectivity index (χ4v) is 1.86. The van der Waals surface area contributed by atoms with Crippen LogP contribution in [0.25, 0.3) is 0 Å². The van der Waals surface area contributed by atoms with Gasteiger partial charge in [-0.1, -0.05) is 62.6 Å². The van der Waals surface area contributed by atoms with Crippen molar-refractivity contribution in [1.29, 1.82) is 0 Å². The summed E-state index contributed by atoms with van der Waals surface area (Å²) in [5.41, 5.74) is 0. The molecule has 2 heteroatoms. The van der Waals surface area contributed by atoms with Crippen LogP contribution in [0.5, 0.6) is 0 Å². The fourth-order valence-electron chi connectivity index (χ4n) is 1.86.